The Labute approximate surface area is 234 Å². The van der Waals surface area contributed by atoms with Gasteiger partial charge in [0.1, 0.15) is 6.10 Å². The number of esters is 1. The Morgan fingerprint density at radius 1 is 0.895 bits per heavy atom. The van der Waals surface area contributed by atoms with Gasteiger partial charge in [-0.3, -0.25) is 4.79 Å². The second-order valence-electron chi connectivity index (χ2n) is 13.3. The highest BCUT2D eigenvalue weighted by Crippen LogP contribution is 2.31. The average molecular weight is 553 g/mol. The van der Waals surface area contributed by atoms with Crippen molar-refractivity contribution in [3.63, 3.8) is 0 Å². The summed E-state index contributed by atoms with van der Waals surface area (Å²) in [6.45, 7) is 21.4. The number of rotatable bonds is 16. The maximum atomic E-state index is 12.7. The molecule has 220 valence electrons. The number of methoxy groups -OCH3 is 2. The van der Waals surface area contributed by atoms with Crippen molar-refractivity contribution in [2.45, 2.75) is 119 Å². The summed E-state index contributed by atoms with van der Waals surface area (Å²) in [5.41, 5.74) is 0.728. The highest BCUT2D eigenvalue weighted by atomic mass is 28.3. The first-order valence-electron chi connectivity index (χ1n) is 14.1. The minimum Gasteiger partial charge on any atom is -0.436 e. The lowest BCUT2D eigenvalue weighted by Gasteiger charge is -2.37. The first-order chi connectivity index (χ1) is 17.6. The fourth-order valence-corrected chi connectivity index (χ4v) is 5.64. The van der Waals surface area contributed by atoms with Crippen LogP contribution in [0, 0.1) is 22.7 Å². The molecule has 0 heterocycles. The van der Waals surface area contributed by atoms with Gasteiger partial charge in [0.05, 0.1) is 24.2 Å². The molecule has 0 aliphatic heterocycles. The zero-order valence-electron chi connectivity index (χ0n) is 26.2. The van der Waals surface area contributed by atoms with Gasteiger partial charge in [0, 0.05) is 20.1 Å². The van der Waals surface area contributed by atoms with Gasteiger partial charge in [-0.2, -0.15) is 0 Å². The fraction of sp³-hybridized carbons (Fsp3) is 0.774. The van der Waals surface area contributed by atoms with Crippen molar-refractivity contribution < 1.29 is 28.2 Å². The van der Waals surface area contributed by atoms with Crippen LogP contribution in [0.1, 0.15) is 80.2 Å². The van der Waals surface area contributed by atoms with Crippen molar-refractivity contribution in [3.05, 3.63) is 35.9 Å². The minimum atomic E-state index is -1.47. The van der Waals surface area contributed by atoms with E-state index in [1.54, 1.807) is 14.2 Å². The van der Waals surface area contributed by atoms with Gasteiger partial charge in [0.25, 0.3) is 0 Å². The molecule has 0 spiro atoms. The number of carbonyl (C=O) groups excluding carboxylic acids is 1. The normalized spacial score (nSPS) is 17.5. The van der Waals surface area contributed by atoms with Crippen LogP contribution in [-0.4, -0.2) is 53.8 Å². The van der Waals surface area contributed by atoms with Crippen LogP contribution >= 0.6 is 0 Å². The molecule has 1 unspecified atom stereocenters. The monoisotopic (exact) mass is 552 g/mol. The standard InChI is InChI=1S/C31H56O6Si/c1-22(20-30(3,4)5)18-25(33-9)27(35-21-24-16-14-13-15-17-24)26(34-10)19-23(2)28(37-38(11)12)36-29(32)31(6,7)8/h13-17,22-23,25-28,38H,18-21H2,1-12H3/t22-,23+,25-,26-,27+,28?/m0/s1. The number of hydrogen-bond acceptors (Lipinski definition) is 6. The zero-order chi connectivity index (χ0) is 29.1. The molecule has 0 amide bonds. The van der Waals surface area contributed by atoms with Crippen LogP contribution in [0.2, 0.25) is 13.1 Å². The van der Waals surface area contributed by atoms with E-state index in [1.165, 1.54) is 0 Å². The Morgan fingerprint density at radius 2 is 1.45 bits per heavy atom. The number of carbonyl (C=O) groups is 1. The van der Waals surface area contributed by atoms with Crippen molar-refractivity contribution in [1.82, 2.24) is 0 Å². The highest BCUT2D eigenvalue weighted by Gasteiger charge is 2.37. The molecule has 0 radical (unpaired) electrons. The predicted molar refractivity (Wildman–Crippen MR) is 158 cm³/mol. The lowest BCUT2D eigenvalue weighted by atomic mass is 9.82. The SMILES string of the molecule is CO[C@@H](C[C@H](C)CC(C)(C)C)[C@@H](OCc1ccccc1)[C@H](C[C@@H](C)C(OC(=O)C(C)(C)C)O[SiH](C)C)OC. The largest absolute Gasteiger partial charge is 0.436 e. The molecule has 6 atom stereocenters. The van der Waals surface area contributed by atoms with E-state index in [0.29, 0.717) is 18.9 Å². The summed E-state index contributed by atoms with van der Waals surface area (Å²) in [4.78, 5) is 12.7. The van der Waals surface area contributed by atoms with E-state index in [1.807, 2.05) is 39.0 Å². The third-order valence-electron chi connectivity index (χ3n) is 6.53. The summed E-state index contributed by atoms with van der Waals surface area (Å²) < 4.78 is 30.8. The summed E-state index contributed by atoms with van der Waals surface area (Å²) in [5, 5.41) is 0. The van der Waals surface area contributed by atoms with Gasteiger partial charge < -0.3 is 23.4 Å². The van der Waals surface area contributed by atoms with Gasteiger partial charge in [-0.1, -0.05) is 65.0 Å². The Kier molecular flexibility index (Phi) is 14.7. The maximum absolute atomic E-state index is 12.7. The van der Waals surface area contributed by atoms with Crippen molar-refractivity contribution in [1.29, 1.82) is 0 Å². The van der Waals surface area contributed by atoms with Crippen LogP contribution in [0.15, 0.2) is 30.3 Å². The molecule has 1 aromatic carbocycles. The molecule has 0 fully saturated rings. The molecule has 6 nitrogen and oxygen atoms in total. The van der Waals surface area contributed by atoms with Gasteiger partial charge >= 0.3 is 5.97 Å². The molecule has 0 saturated carbocycles. The van der Waals surface area contributed by atoms with E-state index >= 15 is 0 Å². The molecular weight excluding hydrogens is 496 g/mol. The van der Waals surface area contributed by atoms with E-state index < -0.39 is 20.7 Å². The third-order valence-corrected chi connectivity index (χ3v) is 7.34. The Balaban J connectivity index is 3.18. The molecule has 0 saturated heterocycles. The molecule has 0 aromatic heterocycles. The van der Waals surface area contributed by atoms with E-state index in [4.69, 9.17) is 23.4 Å². The molecule has 1 aromatic rings. The Morgan fingerprint density at radius 3 is 1.92 bits per heavy atom. The lowest BCUT2D eigenvalue weighted by molar-refractivity contribution is -0.186. The van der Waals surface area contributed by atoms with E-state index in [0.717, 1.165) is 18.4 Å². The molecule has 1 rings (SSSR count). The van der Waals surface area contributed by atoms with Gasteiger partial charge in [0.2, 0.25) is 0 Å². The molecule has 0 aliphatic carbocycles. The van der Waals surface area contributed by atoms with Crippen LogP contribution < -0.4 is 0 Å². The van der Waals surface area contributed by atoms with E-state index in [2.05, 4.69) is 59.8 Å². The average Bonchev–Trinajstić information content (AvgIpc) is 2.80. The number of benzene rings is 1. The molecule has 38 heavy (non-hydrogen) atoms. The maximum Gasteiger partial charge on any atom is 0.313 e. The quantitative estimate of drug-likeness (QED) is 0.125. The number of hydrogen-bond donors (Lipinski definition) is 0. The van der Waals surface area contributed by atoms with Crippen molar-refractivity contribution in [2.24, 2.45) is 22.7 Å². The highest BCUT2D eigenvalue weighted by molar-refractivity contribution is 6.48. The fourth-order valence-electron chi connectivity index (χ4n) is 4.78. The van der Waals surface area contributed by atoms with Crippen molar-refractivity contribution in [2.75, 3.05) is 14.2 Å². The summed E-state index contributed by atoms with van der Waals surface area (Å²) >= 11 is 0. The van der Waals surface area contributed by atoms with Crippen LogP contribution in [0.25, 0.3) is 0 Å². The van der Waals surface area contributed by atoms with Crippen LogP contribution in [-0.2, 0) is 34.8 Å². The first-order valence-corrected chi connectivity index (χ1v) is 16.9. The van der Waals surface area contributed by atoms with Crippen molar-refractivity contribution in [3.8, 4) is 0 Å². The second kappa shape index (κ2) is 16.1. The summed E-state index contributed by atoms with van der Waals surface area (Å²) in [7, 11) is 2.00. The van der Waals surface area contributed by atoms with Gasteiger partial charge in [-0.25, -0.2) is 0 Å². The molecular formula is C31H56O6Si. The minimum absolute atomic E-state index is 0.0894. The van der Waals surface area contributed by atoms with Crippen LogP contribution in [0.4, 0.5) is 0 Å². The van der Waals surface area contributed by atoms with E-state index in [-0.39, 0.29) is 35.6 Å². The van der Waals surface area contributed by atoms with E-state index in [9.17, 15) is 4.79 Å². The third kappa shape index (κ3) is 13.2. The smallest absolute Gasteiger partial charge is 0.313 e. The second-order valence-corrected chi connectivity index (χ2v) is 15.7. The lowest BCUT2D eigenvalue weighted by Crippen LogP contribution is -2.45. The molecule has 0 bridgehead atoms. The predicted octanol–water partition coefficient (Wildman–Crippen LogP) is 7.01. The first kappa shape index (κ1) is 34.8. The molecule has 7 heteroatoms. The molecule has 0 aliphatic rings. The Bertz CT molecular complexity index is 786. The summed E-state index contributed by atoms with van der Waals surface area (Å²) in [6.07, 6.45) is 1.21. The zero-order valence-corrected chi connectivity index (χ0v) is 27.4. The van der Waals surface area contributed by atoms with Crippen LogP contribution in [0.5, 0.6) is 0 Å². The summed E-state index contributed by atoms with van der Waals surface area (Å²) in [5.74, 6) is 0.0996. The van der Waals surface area contributed by atoms with Crippen molar-refractivity contribution >= 4 is 15.0 Å². The topological polar surface area (TPSA) is 63.2 Å². The van der Waals surface area contributed by atoms with Gasteiger partial charge in [-0.05, 0) is 70.0 Å². The van der Waals surface area contributed by atoms with Crippen LogP contribution in [0.3, 0.4) is 0 Å². The number of ether oxygens (including phenoxy) is 4. The Hall–Kier alpha value is -1.25. The molecule has 0 N–H and O–H groups in total. The van der Waals surface area contributed by atoms with Gasteiger partial charge in [0.15, 0.2) is 15.3 Å². The summed E-state index contributed by atoms with van der Waals surface area (Å²) in [6, 6.07) is 10.2. The van der Waals surface area contributed by atoms with Gasteiger partial charge in [-0.15, -0.1) is 0 Å².